The molecule has 1 aliphatic heterocycles. The van der Waals surface area contributed by atoms with E-state index >= 15 is 0 Å². The van der Waals surface area contributed by atoms with Crippen LogP contribution in [0, 0.1) is 5.41 Å². The first-order valence-electron chi connectivity index (χ1n) is 9.14. The molecule has 1 N–H and O–H groups in total. The van der Waals surface area contributed by atoms with Gasteiger partial charge in [-0.2, -0.15) is 13.2 Å². The van der Waals surface area contributed by atoms with Crippen LogP contribution in [-0.4, -0.2) is 42.5 Å². The summed E-state index contributed by atoms with van der Waals surface area (Å²) in [5.74, 6) is 0. The first-order chi connectivity index (χ1) is 12.7. The third-order valence-electron chi connectivity index (χ3n) is 6.59. The minimum absolute atomic E-state index is 0.143. The number of methoxy groups -OCH3 is 1. The number of halogens is 4. The molecule has 1 unspecified atom stereocenters. The zero-order valence-corrected chi connectivity index (χ0v) is 17.4. The van der Waals surface area contributed by atoms with Crippen LogP contribution < -0.4 is 5.32 Å². The van der Waals surface area contributed by atoms with E-state index in [9.17, 15) is 13.2 Å². The number of hydrogen-bond donors (Lipinski definition) is 1. The van der Waals surface area contributed by atoms with Crippen LogP contribution in [0.4, 0.5) is 13.2 Å². The van der Waals surface area contributed by atoms with Crippen LogP contribution in [0.15, 0.2) is 22.7 Å². The van der Waals surface area contributed by atoms with Gasteiger partial charge < -0.3 is 15.0 Å². The molecule has 3 aliphatic rings. The van der Waals surface area contributed by atoms with Crippen molar-refractivity contribution in [2.75, 3.05) is 20.2 Å². The fraction of sp³-hybridized carbons (Fsp3) is 0.632. The molecule has 2 aliphatic carbocycles. The van der Waals surface area contributed by atoms with Gasteiger partial charge in [0.1, 0.15) is 6.54 Å². The zero-order valence-electron chi connectivity index (χ0n) is 15.0. The maximum absolute atomic E-state index is 13.1. The SMILES string of the molecule is COC1CCC2(CC1)Cc1ccc(Br)cc1C21CN(CC(F)(F)F)C(=S)N1. The molecule has 1 aromatic carbocycles. The van der Waals surface area contributed by atoms with Crippen molar-refractivity contribution >= 4 is 33.3 Å². The van der Waals surface area contributed by atoms with Gasteiger partial charge in [-0.05, 0) is 67.6 Å². The van der Waals surface area contributed by atoms with Gasteiger partial charge >= 0.3 is 6.18 Å². The maximum Gasteiger partial charge on any atom is 0.406 e. The average Bonchev–Trinajstić information content (AvgIpc) is 3.04. The quantitative estimate of drug-likeness (QED) is 0.652. The van der Waals surface area contributed by atoms with E-state index in [4.69, 9.17) is 17.0 Å². The lowest BCUT2D eigenvalue weighted by Crippen LogP contribution is -2.54. The molecule has 0 bridgehead atoms. The Kier molecular flexibility index (Phi) is 4.75. The molecule has 2 fully saturated rings. The van der Waals surface area contributed by atoms with Gasteiger partial charge in [0, 0.05) is 23.5 Å². The summed E-state index contributed by atoms with van der Waals surface area (Å²) in [4.78, 5) is 1.29. The molecule has 0 aromatic heterocycles. The second kappa shape index (κ2) is 6.59. The lowest BCUT2D eigenvalue weighted by Gasteiger charge is -2.48. The first kappa shape index (κ1) is 19.5. The maximum atomic E-state index is 13.1. The summed E-state index contributed by atoms with van der Waals surface area (Å²) in [7, 11) is 1.73. The predicted octanol–water partition coefficient (Wildman–Crippen LogP) is 4.53. The molecule has 1 atom stereocenters. The summed E-state index contributed by atoms with van der Waals surface area (Å²) < 4.78 is 45.8. The molecule has 2 spiro atoms. The fourth-order valence-electron chi connectivity index (χ4n) is 5.34. The minimum Gasteiger partial charge on any atom is -0.381 e. The zero-order chi connectivity index (χ0) is 19.4. The van der Waals surface area contributed by atoms with Gasteiger partial charge in [-0.3, -0.25) is 0 Å². The molecular formula is C19H22BrF3N2OS. The van der Waals surface area contributed by atoms with E-state index in [1.54, 1.807) is 7.11 Å². The number of ether oxygens (including phenoxy) is 1. The van der Waals surface area contributed by atoms with Gasteiger partial charge in [-0.15, -0.1) is 0 Å². The molecule has 148 valence electrons. The summed E-state index contributed by atoms with van der Waals surface area (Å²) in [6.07, 6.45) is 0.462. The second-order valence-electron chi connectivity index (χ2n) is 8.00. The Balaban J connectivity index is 1.75. The highest BCUT2D eigenvalue weighted by molar-refractivity contribution is 9.10. The number of nitrogens with zero attached hydrogens (tertiary/aromatic N) is 1. The van der Waals surface area contributed by atoms with Crippen molar-refractivity contribution in [2.24, 2.45) is 5.41 Å². The van der Waals surface area contributed by atoms with Crippen molar-refractivity contribution in [1.82, 2.24) is 10.2 Å². The molecule has 3 nitrogen and oxygen atoms in total. The molecule has 0 radical (unpaired) electrons. The van der Waals surface area contributed by atoms with E-state index in [1.807, 2.05) is 6.07 Å². The number of fused-ring (bicyclic) bond motifs is 3. The topological polar surface area (TPSA) is 24.5 Å². The molecule has 8 heteroatoms. The van der Waals surface area contributed by atoms with Gasteiger partial charge in [-0.25, -0.2) is 0 Å². The van der Waals surface area contributed by atoms with Gasteiger partial charge in [0.05, 0.1) is 11.6 Å². The number of hydrogen-bond acceptors (Lipinski definition) is 2. The van der Waals surface area contributed by atoms with E-state index in [0.29, 0.717) is 0 Å². The van der Waals surface area contributed by atoms with Crippen molar-refractivity contribution in [2.45, 2.75) is 49.9 Å². The highest BCUT2D eigenvalue weighted by Crippen LogP contribution is 2.59. The standard InChI is InChI=1S/C19H22BrF3N2OS/c1-26-14-4-6-17(7-5-14)9-12-2-3-13(20)8-15(12)18(17)10-25(16(27)24-18)11-19(21,22)23/h2-3,8,14H,4-7,9-11H2,1H3,(H,24,27). The Hall–Kier alpha value is -0.860. The highest BCUT2D eigenvalue weighted by Gasteiger charge is 2.62. The number of rotatable bonds is 2. The summed E-state index contributed by atoms with van der Waals surface area (Å²) in [6.45, 7) is -0.757. The van der Waals surface area contributed by atoms with E-state index in [-0.39, 0.29) is 23.2 Å². The molecule has 1 heterocycles. The van der Waals surface area contributed by atoms with Crippen molar-refractivity contribution in [3.63, 3.8) is 0 Å². The van der Waals surface area contributed by atoms with Crippen LogP contribution in [-0.2, 0) is 16.7 Å². The van der Waals surface area contributed by atoms with E-state index < -0.39 is 18.3 Å². The summed E-state index contributed by atoms with van der Waals surface area (Å²) >= 11 is 8.89. The highest BCUT2D eigenvalue weighted by atomic mass is 79.9. The van der Waals surface area contributed by atoms with Gasteiger partial charge in [0.25, 0.3) is 0 Å². The van der Waals surface area contributed by atoms with Crippen LogP contribution in [0.2, 0.25) is 0 Å². The number of alkyl halides is 3. The Morgan fingerprint density at radius 1 is 1.33 bits per heavy atom. The molecule has 1 aromatic rings. The summed E-state index contributed by atoms with van der Waals surface area (Å²) in [6, 6.07) is 6.15. The normalized spacial score (nSPS) is 33.0. The molecule has 0 amide bonds. The monoisotopic (exact) mass is 462 g/mol. The lowest BCUT2D eigenvalue weighted by molar-refractivity contribution is -0.138. The lowest BCUT2D eigenvalue weighted by atomic mass is 9.61. The average molecular weight is 463 g/mol. The predicted molar refractivity (Wildman–Crippen MR) is 105 cm³/mol. The van der Waals surface area contributed by atoms with Crippen LogP contribution in [0.5, 0.6) is 0 Å². The fourth-order valence-corrected chi connectivity index (χ4v) is 6.00. The first-order valence-corrected chi connectivity index (χ1v) is 10.3. The third kappa shape index (κ3) is 3.17. The Bertz CT molecular complexity index is 764. The van der Waals surface area contributed by atoms with E-state index in [1.165, 1.54) is 10.5 Å². The van der Waals surface area contributed by atoms with Crippen molar-refractivity contribution < 1.29 is 17.9 Å². The van der Waals surface area contributed by atoms with Crippen LogP contribution >= 0.6 is 28.1 Å². The van der Waals surface area contributed by atoms with Crippen molar-refractivity contribution in [3.05, 3.63) is 33.8 Å². The number of benzene rings is 1. The van der Waals surface area contributed by atoms with E-state index in [0.717, 1.165) is 42.1 Å². The van der Waals surface area contributed by atoms with E-state index in [2.05, 4.69) is 33.4 Å². The molecular weight excluding hydrogens is 441 g/mol. The molecule has 4 rings (SSSR count). The Morgan fingerprint density at radius 3 is 2.67 bits per heavy atom. The van der Waals surface area contributed by atoms with Crippen LogP contribution in [0.1, 0.15) is 36.8 Å². The molecule has 1 saturated heterocycles. The Morgan fingerprint density at radius 2 is 2.04 bits per heavy atom. The second-order valence-corrected chi connectivity index (χ2v) is 9.30. The van der Waals surface area contributed by atoms with Gasteiger partial charge in [-0.1, -0.05) is 22.0 Å². The minimum atomic E-state index is -4.28. The van der Waals surface area contributed by atoms with Gasteiger partial charge in [0.2, 0.25) is 0 Å². The van der Waals surface area contributed by atoms with Gasteiger partial charge in [0.15, 0.2) is 5.11 Å². The Labute approximate surface area is 170 Å². The number of nitrogens with one attached hydrogen (secondary N) is 1. The molecule has 27 heavy (non-hydrogen) atoms. The summed E-state index contributed by atoms with van der Waals surface area (Å²) in [5, 5.41) is 3.58. The van der Waals surface area contributed by atoms with Crippen molar-refractivity contribution in [1.29, 1.82) is 0 Å². The van der Waals surface area contributed by atoms with Crippen molar-refractivity contribution in [3.8, 4) is 0 Å². The summed E-state index contributed by atoms with van der Waals surface area (Å²) in [5.41, 5.74) is 1.57. The molecule has 1 saturated carbocycles. The smallest absolute Gasteiger partial charge is 0.381 e. The van der Waals surface area contributed by atoms with Crippen LogP contribution in [0.25, 0.3) is 0 Å². The number of thiocarbonyl (C=S) groups is 1. The largest absolute Gasteiger partial charge is 0.406 e. The van der Waals surface area contributed by atoms with Crippen LogP contribution in [0.3, 0.4) is 0 Å². The third-order valence-corrected chi connectivity index (χ3v) is 7.45.